The van der Waals surface area contributed by atoms with Crippen LogP contribution in [0.4, 0.5) is 11.4 Å². The molecule has 0 radical (unpaired) electrons. The van der Waals surface area contributed by atoms with Crippen LogP contribution in [0.2, 0.25) is 0 Å². The number of amides is 1. The minimum atomic E-state index is -3.77. The lowest BCUT2D eigenvalue weighted by Gasteiger charge is -2.22. The predicted molar refractivity (Wildman–Crippen MR) is 108 cm³/mol. The van der Waals surface area contributed by atoms with Crippen molar-refractivity contribution in [2.24, 2.45) is 0 Å². The lowest BCUT2D eigenvalue weighted by atomic mass is 10.1. The lowest BCUT2D eigenvalue weighted by molar-refractivity contribution is 0.102. The minimum Gasteiger partial charge on any atom is -0.322 e. The molecule has 0 atom stereocenters. The molecule has 0 saturated carbocycles. The summed E-state index contributed by atoms with van der Waals surface area (Å²) in [4.78, 5) is 12.9. The monoisotopic (exact) mass is 380 g/mol. The number of sulfonamides is 1. The molecule has 0 aliphatic heterocycles. The van der Waals surface area contributed by atoms with Crippen molar-refractivity contribution >= 4 is 27.3 Å². The summed E-state index contributed by atoms with van der Waals surface area (Å²) >= 11 is 0. The van der Waals surface area contributed by atoms with Crippen LogP contribution in [0.1, 0.15) is 15.9 Å². The molecule has 0 fully saturated rings. The molecular formula is C21H20N2O3S. The quantitative estimate of drug-likeness (QED) is 0.725. The second-order valence-corrected chi connectivity index (χ2v) is 8.09. The molecule has 3 rings (SSSR count). The van der Waals surface area contributed by atoms with Crippen molar-refractivity contribution in [1.82, 2.24) is 0 Å². The molecule has 1 N–H and O–H groups in total. The zero-order valence-electron chi connectivity index (χ0n) is 15.1. The highest BCUT2D eigenvalue weighted by atomic mass is 32.2. The molecule has 5 nitrogen and oxygen atoms in total. The topological polar surface area (TPSA) is 66.5 Å². The summed E-state index contributed by atoms with van der Waals surface area (Å²) in [6.45, 7) is 1.96. The Morgan fingerprint density at radius 2 is 1.44 bits per heavy atom. The maximum atomic E-state index is 12.9. The molecule has 0 bridgehead atoms. The van der Waals surface area contributed by atoms with Gasteiger partial charge in [0.1, 0.15) is 0 Å². The SMILES string of the molecule is Cc1ccc(NC(=O)c2ccccc2N(C)S(=O)(=O)c2ccccc2)cc1. The molecule has 3 aromatic rings. The first-order valence-corrected chi connectivity index (χ1v) is 9.84. The minimum absolute atomic E-state index is 0.168. The number of benzene rings is 3. The highest BCUT2D eigenvalue weighted by molar-refractivity contribution is 7.92. The van der Waals surface area contributed by atoms with E-state index < -0.39 is 10.0 Å². The van der Waals surface area contributed by atoms with Crippen molar-refractivity contribution in [2.45, 2.75) is 11.8 Å². The van der Waals surface area contributed by atoms with Crippen LogP contribution >= 0.6 is 0 Å². The van der Waals surface area contributed by atoms with Crippen LogP contribution in [-0.4, -0.2) is 21.4 Å². The second-order valence-electron chi connectivity index (χ2n) is 6.12. The summed E-state index contributed by atoms with van der Waals surface area (Å²) in [5, 5.41) is 2.81. The highest BCUT2D eigenvalue weighted by Gasteiger charge is 2.24. The van der Waals surface area contributed by atoms with Crippen LogP contribution in [0.3, 0.4) is 0 Å². The van der Waals surface area contributed by atoms with Crippen LogP contribution in [0, 0.1) is 6.92 Å². The Morgan fingerprint density at radius 1 is 0.852 bits per heavy atom. The maximum Gasteiger partial charge on any atom is 0.264 e. The van der Waals surface area contributed by atoms with Crippen LogP contribution in [-0.2, 0) is 10.0 Å². The summed E-state index contributed by atoms with van der Waals surface area (Å²) < 4.78 is 26.9. The van der Waals surface area contributed by atoms with E-state index in [1.165, 1.54) is 19.2 Å². The van der Waals surface area contributed by atoms with Gasteiger partial charge in [-0.15, -0.1) is 0 Å². The summed E-state index contributed by atoms with van der Waals surface area (Å²) in [5.41, 5.74) is 2.32. The number of hydrogen-bond donors (Lipinski definition) is 1. The fourth-order valence-electron chi connectivity index (χ4n) is 2.66. The van der Waals surface area contributed by atoms with Crippen LogP contribution < -0.4 is 9.62 Å². The molecule has 0 saturated heterocycles. The van der Waals surface area contributed by atoms with Gasteiger partial charge in [-0.3, -0.25) is 9.10 Å². The fourth-order valence-corrected chi connectivity index (χ4v) is 3.89. The lowest BCUT2D eigenvalue weighted by Crippen LogP contribution is -2.29. The summed E-state index contributed by atoms with van der Waals surface area (Å²) in [6, 6.07) is 22.2. The van der Waals surface area contributed by atoms with Crippen LogP contribution in [0.15, 0.2) is 83.8 Å². The summed E-state index contributed by atoms with van der Waals surface area (Å²) in [6.07, 6.45) is 0. The third-order valence-electron chi connectivity index (χ3n) is 4.20. The van der Waals surface area contributed by atoms with Crippen molar-refractivity contribution in [1.29, 1.82) is 0 Å². The number of hydrogen-bond acceptors (Lipinski definition) is 3. The third-order valence-corrected chi connectivity index (χ3v) is 5.98. The Bertz CT molecular complexity index is 1050. The summed E-state index contributed by atoms with van der Waals surface area (Å²) in [7, 11) is -2.33. The predicted octanol–water partition coefficient (Wildman–Crippen LogP) is 4.07. The average molecular weight is 380 g/mol. The number of nitrogens with one attached hydrogen (secondary N) is 1. The zero-order chi connectivity index (χ0) is 19.4. The fraction of sp³-hybridized carbons (Fsp3) is 0.0952. The average Bonchev–Trinajstić information content (AvgIpc) is 2.69. The molecule has 27 heavy (non-hydrogen) atoms. The van der Waals surface area contributed by atoms with Gasteiger partial charge < -0.3 is 5.32 Å². The van der Waals surface area contributed by atoms with E-state index in [-0.39, 0.29) is 16.4 Å². The van der Waals surface area contributed by atoms with Gasteiger partial charge in [0.05, 0.1) is 16.1 Å². The second kappa shape index (κ2) is 7.63. The number of aryl methyl sites for hydroxylation is 1. The number of nitrogens with zero attached hydrogens (tertiary/aromatic N) is 1. The smallest absolute Gasteiger partial charge is 0.264 e. The number of para-hydroxylation sites is 1. The van der Waals surface area contributed by atoms with E-state index in [2.05, 4.69) is 5.32 Å². The maximum absolute atomic E-state index is 12.9. The van der Waals surface area contributed by atoms with E-state index in [0.29, 0.717) is 11.4 Å². The normalized spacial score (nSPS) is 11.0. The first kappa shape index (κ1) is 18.7. The van der Waals surface area contributed by atoms with Gasteiger partial charge in [-0.25, -0.2) is 8.42 Å². The Balaban J connectivity index is 1.93. The Morgan fingerprint density at radius 3 is 2.11 bits per heavy atom. The first-order chi connectivity index (χ1) is 12.9. The van der Waals surface area contributed by atoms with E-state index >= 15 is 0 Å². The van der Waals surface area contributed by atoms with Crippen molar-refractivity contribution in [3.8, 4) is 0 Å². The molecule has 138 valence electrons. The molecule has 0 unspecified atom stereocenters. The molecule has 1 amide bonds. The Kier molecular flexibility index (Phi) is 5.28. The van der Waals surface area contributed by atoms with E-state index in [0.717, 1.165) is 9.87 Å². The largest absolute Gasteiger partial charge is 0.322 e. The van der Waals surface area contributed by atoms with E-state index in [1.807, 2.05) is 19.1 Å². The van der Waals surface area contributed by atoms with Crippen molar-refractivity contribution in [3.05, 3.63) is 90.0 Å². The van der Waals surface area contributed by atoms with E-state index in [4.69, 9.17) is 0 Å². The first-order valence-electron chi connectivity index (χ1n) is 8.40. The molecule has 0 aliphatic rings. The van der Waals surface area contributed by atoms with Gasteiger partial charge in [-0.05, 0) is 43.3 Å². The number of carbonyl (C=O) groups excluding carboxylic acids is 1. The molecule has 0 aromatic heterocycles. The molecular weight excluding hydrogens is 360 g/mol. The number of carbonyl (C=O) groups is 1. The molecule has 0 aliphatic carbocycles. The standard InChI is InChI=1S/C21H20N2O3S/c1-16-12-14-17(15-13-16)22-21(24)19-10-6-7-11-20(19)23(2)27(25,26)18-8-4-3-5-9-18/h3-15H,1-2H3,(H,22,24). The van der Waals surface area contributed by atoms with Crippen LogP contribution in [0.25, 0.3) is 0 Å². The number of rotatable bonds is 5. The zero-order valence-corrected chi connectivity index (χ0v) is 15.9. The third kappa shape index (κ3) is 4.01. The van der Waals surface area contributed by atoms with Gasteiger partial charge >= 0.3 is 0 Å². The van der Waals surface area contributed by atoms with Gasteiger partial charge in [0, 0.05) is 12.7 Å². The molecule has 6 heteroatoms. The molecule has 0 heterocycles. The summed E-state index contributed by atoms with van der Waals surface area (Å²) in [5.74, 6) is -0.371. The van der Waals surface area contributed by atoms with Gasteiger partial charge in [-0.2, -0.15) is 0 Å². The van der Waals surface area contributed by atoms with Crippen molar-refractivity contribution in [3.63, 3.8) is 0 Å². The van der Waals surface area contributed by atoms with Gasteiger partial charge in [-0.1, -0.05) is 48.0 Å². The van der Waals surface area contributed by atoms with E-state index in [1.54, 1.807) is 54.6 Å². The molecule has 3 aromatic carbocycles. The van der Waals surface area contributed by atoms with E-state index in [9.17, 15) is 13.2 Å². The Hall–Kier alpha value is -3.12. The highest BCUT2D eigenvalue weighted by Crippen LogP contribution is 2.26. The Labute approximate surface area is 159 Å². The van der Waals surface area contributed by atoms with Crippen molar-refractivity contribution in [2.75, 3.05) is 16.7 Å². The van der Waals surface area contributed by atoms with Gasteiger partial charge in [0.25, 0.3) is 15.9 Å². The van der Waals surface area contributed by atoms with Gasteiger partial charge in [0.2, 0.25) is 0 Å². The number of anilines is 2. The van der Waals surface area contributed by atoms with Crippen LogP contribution in [0.5, 0.6) is 0 Å². The van der Waals surface area contributed by atoms with Crippen molar-refractivity contribution < 1.29 is 13.2 Å². The van der Waals surface area contributed by atoms with Gasteiger partial charge in [0.15, 0.2) is 0 Å². The molecule has 0 spiro atoms.